The fourth-order valence-electron chi connectivity index (χ4n) is 2.50. The third kappa shape index (κ3) is 1.93. The number of carbonyl (C=O) groups is 2. The van der Waals surface area contributed by atoms with Crippen LogP contribution in [0.5, 0.6) is 0 Å². The number of carboxylic acid groups (broad SMARTS) is 1. The van der Waals surface area contributed by atoms with E-state index in [1.807, 2.05) is 27.7 Å². The van der Waals surface area contributed by atoms with Gasteiger partial charge in [0.2, 0.25) is 0 Å². The Bertz CT molecular complexity index is 295. The van der Waals surface area contributed by atoms with Crippen LogP contribution in [0.2, 0.25) is 0 Å². The van der Waals surface area contributed by atoms with Crippen LogP contribution in [0.15, 0.2) is 0 Å². The molecule has 1 amide bonds. The molecule has 0 spiro atoms. The second-order valence-electron chi connectivity index (χ2n) is 5.83. The van der Waals surface area contributed by atoms with Crippen molar-refractivity contribution in [2.45, 2.75) is 46.1 Å². The Kier molecular flexibility index (Phi) is 3.31. The Labute approximate surface area is 96.6 Å². The minimum absolute atomic E-state index is 0.325. The van der Waals surface area contributed by atoms with Crippen LogP contribution >= 0.6 is 0 Å². The van der Waals surface area contributed by atoms with E-state index >= 15 is 0 Å². The normalized spacial score (nSPS) is 31.2. The quantitative estimate of drug-likeness (QED) is 0.700. The lowest BCUT2D eigenvalue weighted by molar-refractivity contribution is -0.129. The molecule has 1 fully saturated rings. The first-order valence-electron chi connectivity index (χ1n) is 5.71. The molecule has 16 heavy (non-hydrogen) atoms. The lowest BCUT2D eigenvalue weighted by Gasteiger charge is -2.51. The number of carbonyl (C=O) groups excluding carboxylic acids is 1. The van der Waals surface area contributed by atoms with Crippen LogP contribution in [0.4, 0.5) is 4.79 Å². The average Bonchev–Trinajstić information content (AvgIpc) is 2.16. The molecule has 0 aromatic rings. The zero-order chi connectivity index (χ0) is 12.6. The van der Waals surface area contributed by atoms with Crippen LogP contribution in [-0.2, 0) is 4.79 Å². The first-order chi connectivity index (χ1) is 7.24. The van der Waals surface area contributed by atoms with Gasteiger partial charge in [-0.15, -0.1) is 0 Å². The minimum Gasteiger partial charge on any atom is -0.465 e. The summed E-state index contributed by atoms with van der Waals surface area (Å²) in [7, 11) is 0. The predicted octanol–water partition coefficient (Wildman–Crippen LogP) is 2.38. The maximum atomic E-state index is 11.4. The summed E-state index contributed by atoms with van der Waals surface area (Å²) in [5, 5.41) is 9.25. The molecule has 92 valence electrons. The fraction of sp³-hybridized carbons (Fsp3) is 0.833. The molecule has 0 radical (unpaired) electrons. The van der Waals surface area contributed by atoms with Crippen molar-refractivity contribution in [3.63, 3.8) is 0 Å². The standard InChI is InChI=1S/C12H21NO3/c1-9-5-6-12(8-14,11(2,3)4)13(7-9)10(15)16/h8-9H,5-7H2,1-4H3,(H,15,16)/t9-,12-/m0/s1. The topological polar surface area (TPSA) is 57.6 Å². The van der Waals surface area contributed by atoms with Gasteiger partial charge in [0, 0.05) is 6.54 Å². The number of hydrogen-bond acceptors (Lipinski definition) is 2. The molecule has 0 saturated carbocycles. The van der Waals surface area contributed by atoms with Gasteiger partial charge in [0.05, 0.1) is 0 Å². The summed E-state index contributed by atoms with van der Waals surface area (Å²) in [6, 6.07) is 0. The van der Waals surface area contributed by atoms with Crippen molar-refractivity contribution in [2.24, 2.45) is 11.3 Å². The Balaban J connectivity index is 3.15. The van der Waals surface area contributed by atoms with Gasteiger partial charge < -0.3 is 9.90 Å². The summed E-state index contributed by atoms with van der Waals surface area (Å²) in [4.78, 5) is 24.1. The van der Waals surface area contributed by atoms with Gasteiger partial charge in [-0.25, -0.2) is 4.79 Å². The third-order valence-electron chi connectivity index (χ3n) is 3.72. The van der Waals surface area contributed by atoms with Crippen molar-refractivity contribution in [3.8, 4) is 0 Å². The highest BCUT2D eigenvalue weighted by Gasteiger charge is 2.51. The number of aldehydes is 1. The van der Waals surface area contributed by atoms with E-state index in [4.69, 9.17) is 0 Å². The molecule has 0 aromatic heterocycles. The summed E-state index contributed by atoms with van der Waals surface area (Å²) in [5.41, 5.74) is -1.24. The molecule has 1 heterocycles. The summed E-state index contributed by atoms with van der Waals surface area (Å²) in [6.45, 7) is 8.24. The molecule has 1 rings (SSSR count). The number of piperidine rings is 1. The molecule has 4 heteroatoms. The Morgan fingerprint density at radius 1 is 1.50 bits per heavy atom. The highest BCUT2D eigenvalue weighted by molar-refractivity contribution is 5.76. The Morgan fingerprint density at radius 3 is 2.44 bits per heavy atom. The SMILES string of the molecule is C[C@H]1CC[C@](C=O)(C(C)(C)C)N(C(=O)O)C1. The van der Waals surface area contributed by atoms with Crippen LogP contribution < -0.4 is 0 Å². The lowest BCUT2D eigenvalue weighted by atomic mass is 9.67. The van der Waals surface area contributed by atoms with Crippen LogP contribution in [0.3, 0.4) is 0 Å². The minimum atomic E-state index is -0.992. The van der Waals surface area contributed by atoms with Crippen LogP contribution in [0, 0.1) is 11.3 Å². The van der Waals surface area contributed by atoms with E-state index in [1.165, 1.54) is 4.90 Å². The maximum absolute atomic E-state index is 11.4. The van der Waals surface area contributed by atoms with Gasteiger partial charge in [-0.2, -0.15) is 0 Å². The zero-order valence-corrected chi connectivity index (χ0v) is 10.5. The number of rotatable bonds is 1. The summed E-state index contributed by atoms with van der Waals surface area (Å²) in [5.74, 6) is 0.325. The van der Waals surface area contributed by atoms with E-state index in [9.17, 15) is 14.7 Å². The highest BCUT2D eigenvalue weighted by atomic mass is 16.4. The van der Waals surface area contributed by atoms with E-state index in [-0.39, 0.29) is 5.41 Å². The van der Waals surface area contributed by atoms with Gasteiger partial charge in [-0.3, -0.25) is 4.90 Å². The van der Waals surface area contributed by atoms with Gasteiger partial charge in [0.15, 0.2) is 0 Å². The molecule has 0 aliphatic carbocycles. The predicted molar refractivity (Wildman–Crippen MR) is 61.4 cm³/mol. The first-order valence-corrected chi connectivity index (χ1v) is 5.71. The van der Waals surface area contributed by atoms with Crippen molar-refractivity contribution >= 4 is 12.4 Å². The molecule has 0 unspecified atom stereocenters. The fourth-order valence-corrected chi connectivity index (χ4v) is 2.50. The second-order valence-corrected chi connectivity index (χ2v) is 5.83. The first kappa shape index (κ1) is 13.0. The lowest BCUT2D eigenvalue weighted by Crippen LogP contribution is -2.63. The second kappa shape index (κ2) is 4.07. The summed E-state index contributed by atoms with van der Waals surface area (Å²) >= 11 is 0. The van der Waals surface area contributed by atoms with Gasteiger partial charge in [0.1, 0.15) is 11.8 Å². The third-order valence-corrected chi connectivity index (χ3v) is 3.72. The molecular weight excluding hydrogens is 206 g/mol. The molecule has 0 bridgehead atoms. The van der Waals surface area contributed by atoms with E-state index in [0.717, 1.165) is 12.7 Å². The maximum Gasteiger partial charge on any atom is 0.408 e. The van der Waals surface area contributed by atoms with Crippen molar-refractivity contribution in [1.29, 1.82) is 0 Å². The highest BCUT2D eigenvalue weighted by Crippen LogP contribution is 2.42. The van der Waals surface area contributed by atoms with E-state index in [2.05, 4.69) is 0 Å². The van der Waals surface area contributed by atoms with E-state index < -0.39 is 11.6 Å². The smallest absolute Gasteiger partial charge is 0.408 e. The van der Waals surface area contributed by atoms with Gasteiger partial charge in [-0.1, -0.05) is 27.7 Å². The number of amides is 1. The number of likely N-dealkylation sites (tertiary alicyclic amines) is 1. The summed E-state index contributed by atoms with van der Waals surface area (Å²) < 4.78 is 0. The molecule has 1 N–H and O–H groups in total. The van der Waals surface area contributed by atoms with Crippen molar-refractivity contribution in [1.82, 2.24) is 4.90 Å². The monoisotopic (exact) mass is 227 g/mol. The van der Waals surface area contributed by atoms with Crippen molar-refractivity contribution in [2.75, 3.05) is 6.54 Å². The molecule has 1 aliphatic heterocycles. The Hall–Kier alpha value is -1.06. The molecule has 0 aromatic carbocycles. The van der Waals surface area contributed by atoms with Crippen molar-refractivity contribution < 1.29 is 14.7 Å². The molecule has 2 atom stereocenters. The largest absolute Gasteiger partial charge is 0.465 e. The van der Waals surface area contributed by atoms with Crippen LogP contribution in [-0.4, -0.2) is 34.5 Å². The number of hydrogen-bond donors (Lipinski definition) is 1. The molecular formula is C12H21NO3. The van der Waals surface area contributed by atoms with Crippen LogP contribution in [0.25, 0.3) is 0 Å². The van der Waals surface area contributed by atoms with E-state index in [1.54, 1.807) is 0 Å². The average molecular weight is 227 g/mol. The van der Waals surface area contributed by atoms with Gasteiger partial charge >= 0.3 is 6.09 Å². The summed E-state index contributed by atoms with van der Waals surface area (Å²) in [6.07, 6.45) is 1.36. The Morgan fingerprint density at radius 2 is 2.06 bits per heavy atom. The van der Waals surface area contributed by atoms with Crippen molar-refractivity contribution in [3.05, 3.63) is 0 Å². The van der Waals surface area contributed by atoms with Gasteiger partial charge in [-0.05, 0) is 24.2 Å². The molecule has 1 saturated heterocycles. The molecule has 1 aliphatic rings. The number of nitrogens with zero attached hydrogens (tertiary/aromatic N) is 1. The van der Waals surface area contributed by atoms with E-state index in [0.29, 0.717) is 18.9 Å². The zero-order valence-electron chi connectivity index (χ0n) is 10.5. The van der Waals surface area contributed by atoms with Gasteiger partial charge in [0.25, 0.3) is 0 Å². The van der Waals surface area contributed by atoms with Crippen LogP contribution in [0.1, 0.15) is 40.5 Å². The molecule has 4 nitrogen and oxygen atoms in total.